The Labute approximate surface area is 203 Å². The monoisotopic (exact) mass is 485 g/mol. The Morgan fingerprint density at radius 3 is 2.53 bits per heavy atom. The minimum absolute atomic E-state index is 0.124. The van der Waals surface area contributed by atoms with E-state index in [1.807, 2.05) is 12.1 Å². The Kier molecular flexibility index (Phi) is 7.63. The van der Waals surface area contributed by atoms with Crippen molar-refractivity contribution in [1.82, 2.24) is 0 Å². The molecule has 7 heteroatoms. The molecular formula is C27H35NO5S. The summed E-state index contributed by atoms with van der Waals surface area (Å²) in [6.45, 7) is 8.03. The lowest BCUT2D eigenvalue weighted by atomic mass is 9.91. The first-order chi connectivity index (χ1) is 16.3. The first-order valence-electron chi connectivity index (χ1n) is 12.3. The quantitative estimate of drug-likeness (QED) is 0.490. The Bertz CT molecular complexity index is 1140. The standard InChI is InChI=1S/C27H35NO5S/c1-4-20-6-8-26-23(14-20)15-21(5-2)17-28(26)34(30,31)24-7-9-27(25(16-24)19(3)29)33-18-22-10-12-32-13-11-22/h6-9,14,16,21-22H,4-5,10-13,15,17-18H2,1-3H3. The summed E-state index contributed by atoms with van der Waals surface area (Å²) < 4.78 is 40.5. The molecule has 0 spiro atoms. The molecule has 0 radical (unpaired) electrons. The molecule has 184 valence electrons. The van der Waals surface area contributed by atoms with Crippen LogP contribution in [0.15, 0.2) is 41.3 Å². The number of anilines is 1. The van der Waals surface area contributed by atoms with Crippen LogP contribution in [0.2, 0.25) is 0 Å². The van der Waals surface area contributed by atoms with Gasteiger partial charge in [-0.1, -0.05) is 32.4 Å². The summed E-state index contributed by atoms with van der Waals surface area (Å²) in [6, 6.07) is 10.7. The van der Waals surface area contributed by atoms with Gasteiger partial charge in [0, 0.05) is 19.8 Å². The first kappa shape index (κ1) is 24.7. The van der Waals surface area contributed by atoms with Crippen molar-refractivity contribution < 1.29 is 22.7 Å². The van der Waals surface area contributed by atoms with Gasteiger partial charge in [0.15, 0.2) is 5.78 Å². The number of ether oxygens (including phenoxy) is 2. The third-order valence-corrected chi connectivity index (χ3v) is 8.84. The number of carbonyl (C=O) groups is 1. The van der Waals surface area contributed by atoms with Crippen molar-refractivity contribution >= 4 is 21.5 Å². The fraction of sp³-hybridized carbons (Fsp3) is 0.519. The number of hydrogen-bond acceptors (Lipinski definition) is 5. The molecule has 2 heterocycles. The summed E-state index contributed by atoms with van der Waals surface area (Å²) in [6.07, 6.45) is 4.54. The Morgan fingerprint density at radius 1 is 1.09 bits per heavy atom. The Morgan fingerprint density at radius 2 is 1.85 bits per heavy atom. The topological polar surface area (TPSA) is 72.9 Å². The first-order valence-corrected chi connectivity index (χ1v) is 13.8. The Balaban J connectivity index is 1.65. The van der Waals surface area contributed by atoms with Crippen LogP contribution in [-0.2, 0) is 27.6 Å². The van der Waals surface area contributed by atoms with E-state index in [9.17, 15) is 13.2 Å². The summed E-state index contributed by atoms with van der Waals surface area (Å²) in [7, 11) is -3.84. The zero-order valence-corrected chi connectivity index (χ0v) is 21.2. The second-order valence-corrected chi connectivity index (χ2v) is 11.3. The van der Waals surface area contributed by atoms with E-state index in [1.165, 1.54) is 22.9 Å². The van der Waals surface area contributed by atoms with Gasteiger partial charge in [0.25, 0.3) is 10.0 Å². The maximum absolute atomic E-state index is 13.8. The average molecular weight is 486 g/mol. The molecule has 34 heavy (non-hydrogen) atoms. The van der Waals surface area contributed by atoms with Gasteiger partial charge in [0.1, 0.15) is 5.75 Å². The predicted molar refractivity (Wildman–Crippen MR) is 133 cm³/mol. The van der Waals surface area contributed by atoms with Gasteiger partial charge < -0.3 is 9.47 Å². The molecule has 0 amide bonds. The number of ketones is 1. The summed E-state index contributed by atoms with van der Waals surface area (Å²) >= 11 is 0. The molecule has 2 aromatic carbocycles. The molecule has 1 unspecified atom stereocenters. The molecule has 1 fully saturated rings. The molecule has 1 saturated heterocycles. The van der Waals surface area contributed by atoms with Crippen molar-refractivity contribution in [1.29, 1.82) is 0 Å². The highest BCUT2D eigenvalue weighted by atomic mass is 32.2. The summed E-state index contributed by atoms with van der Waals surface area (Å²) in [5, 5.41) is 0. The number of hydrogen-bond donors (Lipinski definition) is 0. The van der Waals surface area contributed by atoms with Gasteiger partial charge in [-0.15, -0.1) is 0 Å². The fourth-order valence-corrected chi connectivity index (χ4v) is 6.40. The van der Waals surface area contributed by atoms with Crippen LogP contribution >= 0.6 is 0 Å². The number of aryl methyl sites for hydroxylation is 1. The average Bonchev–Trinajstić information content (AvgIpc) is 2.86. The number of Topliss-reactive ketones (excluding diaryl/α,β-unsaturated/α-hetero) is 1. The van der Waals surface area contributed by atoms with Gasteiger partial charge in [-0.3, -0.25) is 9.10 Å². The van der Waals surface area contributed by atoms with Crippen molar-refractivity contribution in [2.75, 3.05) is 30.7 Å². The molecule has 2 aliphatic rings. The van der Waals surface area contributed by atoms with Crippen LogP contribution in [0.25, 0.3) is 0 Å². The lowest BCUT2D eigenvalue weighted by molar-refractivity contribution is 0.0495. The van der Waals surface area contributed by atoms with Crippen LogP contribution in [-0.4, -0.2) is 40.6 Å². The fourth-order valence-electron chi connectivity index (χ4n) is 4.79. The predicted octanol–water partition coefficient (Wildman–Crippen LogP) is 5.03. The molecule has 0 bridgehead atoms. The third kappa shape index (κ3) is 5.15. The molecule has 6 nitrogen and oxygen atoms in total. The lowest BCUT2D eigenvalue weighted by Gasteiger charge is -2.35. The van der Waals surface area contributed by atoms with E-state index in [0.717, 1.165) is 56.6 Å². The SMILES string of the molecule is CCc1ccc2c(c1)CC(CC)CN2S(=O)(=O)c1ccc(OCC2CCOCC2)c(C(C)=O)c1. The van der Waals surface area contributed by atoms with Gasteiger partial charge in [-0.2, -0.15) is 0 Å². The van der Waals surface area contributed by atoms with Crippen LogP contribution in [0.5, 0.6) is 5.75 Å². The normalized spacial score (nSPS) is 19.0. The van der Waals surface area contributed by atoms with Crippen molar-refractivity contribution in [3.8, 4) is 5.75 Å². The maximum atomic E-state index is 13.8. The zero-order valence-electron chi connectivity index (χ0n) is 20.4. The van der Waals surface area contributed by atoms with E-state index >= 15 is 0 Å². The van der Waals surface area contributed by atoms with Gasteiger partial charge in [0.05, 0.1) is 22.8 Å². The molecule has 0 aliphatic carbocycles. The second kappa shape index (κ2) is 10.5. The van der Waals surface area contributed by atoms with Crippen LogP contribution in [0.3, 0.4) is 0 Å². The minimum Gasteiger partial charge on any atom is -0.493 e. The van der Waals surface area contributed by atoms with Gasteiger partial charge in [-0.25, -0.2) is 8.42 Å². The van der Waals surface area contributed by atoms with E-state index in [0.29, 0.717) is 30.4 Å². The molecule has 4 rings (SSSR count). The second-order valence-electron chi connectivity index (χ2n) is 9.41. The van der Waals surface area contributed by atoms with Crippen LogP contribution in [0.4, 0.5) is 5.69 Å². The van der Waals surface area contributed by atoms with Crippen molar-refractivity contribution in [3.05, 3.63) is 53.1 Å². The molecule has 1 atom stereocenters. The highest BCUT2D eigenvalue weighted by molar-refractivity contribution is 7.92. The lowest BCUT2D eigenvalue weighted by Crippen LogP contribution is -2.40. The highest BCUT2D eigenvalue weighted by Crippen LogP contribution is 2.37. The molecular weight excluding hydrogens is 450 g/mol. The molecule has 0 saturated carbocycles. The Hall–Kier alpha value is -2.38. The van der Waals surface area contributed by atoms with Gasteiger partial charge in [-0.05, 0) is 79.8 Å². The number of sulfonamides is 1. The number of nitrogens with zero attached hydrogens (tertiary/aromatic N) is 1. The smallest absolute Gasteiger partial charge is 0.264 e. The summed E-state index contributed by atoms with van der Waals surface area (Å²) in [5.41, 5.74) is 3.33. The minimum atomic E-state index is -3.84. The van der Waals surface area contributed by atoms with E-state index in [1.54, 1.807) is 12.1 Å². The van der Waals surface area contributed by atoms with Crippen LogP contribution < -0.4 is 9.04 Å². The van der Waals surface area contributed by atoms with Crippen molar-refractivity contribution in [2.24, 2.45) is 11.8 Å². The number of rotatable bonds is 8. The van der Waals surface area contributed by atoms with Gasteiger partial charge >= 0.3 is 0 Å². The maximum Gasteiger partial charge on any atom is 0.264 e. The molecule has 0 N–H and O–H groups in total. The van der Waals surface area contributed by atoms with Crippen molar-refractivity contribution in [2.45, 2.75) is 57.8 Å². The number of benzene rings is 2. The van der Waals surface area contributed by atoms with Gasteiger partial charge in [0.2, 0.25) is 0 Å². The van der Waals surface area contributed by atoms with E-state index in [4.69, 9.17) is 9.47 Å². The third-order valence-electron chi connectivity index (χ3n) is 7.06. The molecule has 2 aliphatic heterocycles. The van der Waals surface area contributed by atoms with E-state index in [-0.39, 0.29) is 16.6 Å². The number of carbonyl (C=O) groups excluding carboxylic acids is 1. The van der Waals surface area contributed by atoms with Crippen LogP contribution in [0, 0.1) is 11.8 Å². The van der Waals surface area contributed by atoms with E-state index < -0.39 is 10.0 Å². The largest absolute Gasteiger partial charge is 0.493 e. The number of fused-ring (bicyclic) bond motifs is 1. The van der Waals surface area contributed by atoms with E-state index in [2.05, 4.69) is 19.9 Å². The molecule has 0 aromatic heterocycles. The summed E-state index contributed by atoms with van der Waals surface area (Å²) in [4.78, 5) is 12.6. The van der Waals surface area contributed by atoms with Crippen LogP contribution in [0.1, 0.15) is 61.5 Å². The highest BCUT2D eigenvalue weighted by Gasteiger charge is 2.33. The molecule has 2 aromatic rings. The summed E-state index contributed by atoms with van der Waals surface area (Å²) in [5.74, 6) is 0.859. The van der Waals surface area contributed by atoms with Crippen molar-refractivity contribution in [3.63, 3.8) is 0 Å². The zero-order chi connectivity index (χ0) is 24.3.